The number of carbonyl (C=O) groups excluding carboxylic acids is 1. The zero-order valence-corrected chi connectivity index (χ0v) is 17.0. The van der Waals surface area contributed by atoms with Crippen molar-refractivity contribution in [2.75, 3.05) is 26.3 Å². The first kappa shape index (κ1) is 19.7. The van der Waals surface area contributed by atoms with Crippen molar-refractivity contribution < 1.29 is 17.9 Å². The van der Waals surface area contributed by atoms with E-state index in [2.05, 4.69) is 10.6 Å². The Morgan fingerprint density at radius 1 is 1.24 bits per heavy atom. The van der Waals surface area contributed by atoms with Gasteiger partial charge in [-0.2, -0.15) is 4.31 Å². The van der Waals surface area contributed by atoms with E-state index >= 15 is 0 Å². The molecule has 4 rings (SSSR count). The van der Waals surface area contributed by atoms with Crippen molar-refractivity contribution in [1.82, 2.24) is 19.8 Å². The molecule has 3 heterocycles. The average molecular weight is 417 g/mol. The fraction of sp³-hybridized carbons (Fsp3) is 0.350. The molecule has 3 aliphatic rings. The number of ether oxygens (including phenoxy) is 1. The van der Waals surface area contributed by atoms with Crippen LogP contribution in [0.5, 0.6) is 0 Å². The molecule has 1 atom stereocenters. The second-order valence-electron chi connectivity index (χ2n) is 7.15. The lowest BCUT2D eigenvalue weighted by Crippen LogP contribution is -2.40. The van der Waals surface area contributed by atoms with E-state index in [0.717, 1.165) is 11.1 Å². The van der Waals surface area contributed by atoms with Gasteiger partial charge in [0.2, 0.25) is 10.0 Å². The highest BCUT2D eigenvalue weighted by Gasteiger charge is 2.27. The van der Waals surface area contributed by atoms with Gasteiger partial charge in [0.05, 0.1) is 18.1 Å². The normalized spacial score (nSPS) is 21.8. The lowest BCUT2D eigenvalue weighted by atomic mass is 10.2. The van der Waals surface area contributed by atoms with E-state index in [4.69, 9.17) is 4.74 Å². The smallest absolute Gasteiger partial charge is 0.269 e. The van der Waals surface area contributed by atoms with Crippen molar-refractivity contribution in [1.29, 1.82) is 0 Å². The minimum atomic E-state index is -3.51. The van der Waals surface area contributed by atoms with Gasteiger partial charge in [0.1, 0.15) is 11.9 Å². The van der Waals surface area contributed by atoms with Crippen LogP contribution in [0.15, 0.2) is 65.0 Å². The zero-order valence-electron chi connectivity index (χ0n) is 16.2. The molecule has 1 aromatic carbocycles. The fourth-order valence-corrected chi connectivity index (χ4v) is 4.80. The van der Waals surface area contributed by atoms with E-state index in [1.54, 1.807) is 30.5 Å². The molecule has 0 aliphatic carbocycles. The molecule has 29 heavy (non-hydrogen) atoms. The Balaban J connectivity index is 1.35. The summed E-state index contributed by atoms with van der Waals surface area (Å²) in [6.45, 7) is 3.88. The molecule has 1 unspecified atom stereocenters. The Morgan fingerprint density at radius 2 is 1.97 bits per heavy atom. The number of fused-ring (bicyclic) bond motifs is 1. The second-order valence-corrected chi connectivity index (χ2v) is 9.09. The van der Waals surface area contributed by atoms with Crippen LogP contribution < -0.4 is 10.6 Å². The number of nitrogens with zero attached hydrogens (tertiary/aromatic N) is 2. The molecule has 3 aliphatic heterocycles. The van der Waals surface area contributed by atoms with Gasteiger partial charge < -0.3 is 20.3 Å². The van der Waals surface area contributed by atoms with Crippen molar-refractivity contribution in [3.05, 3.63) is 65.7 Å². The van der Waals surface area contributed by atoms with Crippen molar-refractivity contribution in [2.24, 2.45) is 0 Å². The van der Waals surface area contributed by atoms with E-state index in [-0.39, 0.29) is 17.0 Å². The van der Waals surface area contributed by atoms with Crippen molar-refractivity contribution in [2.45, 2.75) is 24.5 Å². The molecular weight excluding hydrogens is 392 g/mol. The molecule has 1 aromatic rings. The SMILES string of the molecule is CC1=CC2NC(C(=O)NCc3ccc(S(=O)(=O)N4CCOCC4)cc3)=CN2C=C1. The van der Waals surface area contributed by atoms with Crippen LogP contribution in [0.3, 0.4) is 0 Å². The van der Waals surface area contributed by atoms with Crippen molar-refractivity contribution >= 4 is 15.9 Å². The Labute approximate surface area is 170 Å². The summed E-state index contributed by atoms with van der Waals surface area (Å²) in [4.78, 5) is 14.6. The summed E-state index contributed by atoms with van der Waals surface area (Å²) >= 11 is 0. The lowest BCUT2D eigenvalue weighted by molar-refractivity contribution is -0.118. The highest BCUT2D eigenvalue weighted by Crippen LogP contribution is 2.20. The largest absolute Gasteiger partial charge is 0.379 e. The van der Waals surface area contributed by atoms with Gasteiger partial charge in [-0.25, -0.2) is 8.42 Å². The standard InChI is InChI=1S/C20H24N4O4S/c1-15-6-7-23-14-18(22-19(23)12-15)20(25)21-13-16-2-4-17(5-3-16)29(26,27)24-8-10-28-11-9-24/h2-7,12,14,19,22H,8-11,13H2,1H3,(H,21,25). The molecular formula is C20H24N4O4S. The molecule has 1 saturated heterocycles. The van der Waals surface area contributed by atoms with Crippen LogP contribution in [-0.2, 0) is 26.1 Å². The van der Waals surface area contributed by atoms with E-state index < -0.39 is 10.0 Å². The maximum Gasteiger partial charge on any atom is 0.269 e. The van der Waals surface area contributed by atoms with E-state index in [1.807, 2.05) is 30.2 Å². The van der Waals surface area contributed by atoms with Gasteiger partial charge in [-0.05, 0) is 42.3 Å². The Kier molecular flexibility index (Phi) is 5.44. The Bertz CT molecular complexity index is 976. The highest BCUT2D eigenvalue weighted by molar-refractivity contribution is 7.89. The van der Waals surface area contributed by atoms with Crippen LogP contribution in [0.1, 0.15) is 12.5 Å². The highest BCUT2D eigenvalue weighted by atomic mass is 32.2. The first-order valence-electron chi connectivity index (χ1n) is 9.51. The summed E-state index contributed by atoms with van der Waals surface area (Å²) in [5.41, 5.74) is 2.46. The number of nitrogens with one attached hydrogen (secondary N) is 2. The van der Waals surface area contributed by atoms with Crippen molar-refractivity contribution in [3.63, 3.8) is 0 Å². The van der Waals surface area contributed by atoms with Gasteiger partial charge in [-0.3, -0.25) is 4.79 Å². The minimum absolute atomic E-state index is 0.0366. The molecule has 154 valence electrons. The lowest BCUT2D eigenvalue weighted by Gasteiger charge is -2.26. The number of sulfonamides is 1. The molecule has 8 nitrogen and oxygen atoms in total. The number of hydrogen-bond donors (Lipinski definition) is 2. The summed E-state index contributed by atoms with van der Waals surface area (Å²) in [5, 5.41) is 6.04. The van der Waals surface area contributed by atoms with Crippen LogP contribution >= 0.6 is 0 Å². The molecule has 9 heteroatoms. The topological polar surface area (TPSA) is 91.0 Å². The van der Waals surface area contributed by atoms with Crippen LogP contribution in [0, 0.1) is 0 Å². The van der Waals surface area contributed by atoms with E-state index in [0.29, 0.717) is 38.5 Å². The summed E-state index contributed by atoms with van der Waals surface area (Å²) < 4.78 is 32.0. The van der Waals surface area contributed by atoms with Crippen LogP contribution in [0.4, 0.5) is 0 Å². The molecule has 0 saturated carbocycles. The third-order valence-corrected chi connectivity index (χ3v) is 6.97. The third-order valence-electron chi connectivity index (χ3n) is 5.06. The van der Waals surface area contributed by atoms with Gasteiger partial charge in [0, 0.05) is 32.0 Å². The third kappa shape index (κ3) is 4.21. The molecule has 1 fully saturated rings. The predicted molar refractivity (Wildman–Crippen MR) is 108 cm³/mol. The number of rotatable bonds is 5. The Morgan fingerprint density at radius 3 is 2.69 bits per heavy atom. The first-order valence-corrected chi connectivity index (χ1v) is 10.9. The van der Waals surface area contributed by atoms with Gasteiger partial charge in [-0.15, -0.1) is 0 Å². The summed E-state index contributed by atoms with van der Waals surface area (Å²) in [6.07, 6.45) is 7.70. The number of benzene rings is 1. The fourth-order valence-electron chi connectivity index (χ4n) is 3.39. The molecule has 2 N–H and O–H groups in total. The summed E-state index contributed by atoms with van der Waals surface area (Å²) in [5.74, 6) is -0.205. The predicted octanol–water partition coefficient (Wildman–Crippen LogP) is 0.870. The average Bonchev–Trinajstić information content (AvgIpc) is 3.16. The summed E-state index contributed by atoms with van der Waals surface area (Å²) in [7, 11) is -3.51. The minimum Gasteiger partial charge on any atom is -0.379 e. The van der Waals surface area contributed by atoms with Crippen molar-refractivity contribution in [3.8, 4) is 0 Å². The monoisotopic (exact) mass is 416 g/mol. The van der Waals surface area contributed by atoms with Crippen LogP contribution in [0.25, 0.3) is 0 Å². The number of allylic oxidation sites excluding steroid dienone is 2. The number of morpholine rings is 1. The van der Waals surface area contributed by atoms with Gasteiger partial charge >= 0.3 is 0 Å². The molecule has 1 amide bonds. The quantitative estimate of drug-likeness (QED) is 0.740. The van der Waals surface area contributed by atoms with Crippen LogP contribution in [-0.4, -0.2) is 56.0 Å². The van der Waals surface area contributed by atoms with Gasteiger partial charge in [0.25, 0.3) is 5.91 Å². The van der Waals surface area contributed by atoms with Gasteiger partial charge in [-0.1, -0.05) is 12.1 Å². The Hall–Kier alpha value is -2.62. The molecule has 0 aromatic heterocycles. The maximum atomic E-state index is 12.7. The molecule has 0 bridgehead atoms. The number of hydrogen-bond acceptors (Lipinski definition) is 6. The summed E-state index contributed by atoms with van der Waals surface area (Å²) in [6, 6.07) is 6.61. The van der Waals surface area contributed by atoms with Gasteiger partial charge in [0.15, 0.2) is 0 Å². The number of amides is 1. The second kappa shape index (κ2) is 8.02. The molecule has 0 radical (unpaired) electrons. The first-order chi connectivity index (χ1) is 13.9. The molecule has 0 spiro atoms. The van der Waals surface area contributed by atoms with E-state index in [1.165, 1.54) is 4.31 Å². The maximum absolute atomic E-state index is 12.7. The number of carbonyl (C=O) groups is 1. The van der Waals surface area contributed by atoms with E-state index in [9.17, 15) is 13.2 Å². The zero-order chi connectivity index (χ0) is 20.4. The van der Waals surface area contributed by atoms with Crippen LogP contribution in [0.2, 0.25) is 0 Å².